The number of hydrogen-bond acceptors (Lipinski definition) is 2. The molecule has 0 atom stereocenters. The highest BCUT2D eigenvalue weighted by molar-refractivity contribution is 9.10. The first kappa shape index (κ1) is 10.7. The topological polar surface area (TPSA) is 29.9 Å². The lowest BCUT2D eigenvalue weighted by molar-refractivity contribution is 0.690. The Morgan fingerprint density at radius 2 is 2.23 bits per heavy atom. The number of aryl methyl sites for hydroxylation is 1. The highest BCUT2D eigenvalue weighted by atomic mass is 79.9. The lowest BCUT2D eigenvalue weighted by atomic mass is 10.2. The van der Waals surface area contributed by atoms with Crippen molar-refractivity contribution in [3.63, 3.8) is 0 Å². The van der Waals surface area contributed by atoms with Gasteiger partial charge in [0.25, 0.3) is 0 Å². The third kappa shape index (κ3) is 2.31. The minimum Gasteiger partial charge on any atom is -0.319 e. The summed E-state index contributed by atoms with van der Waals surface area (Å²) in [6.45, 7) is 3.11. The molecule has 1 aromatic rings. The molecule has 0 spiro atoms. The molecule has 74 valence electrons. The van der Waals surface area contributed by atoms with Gasteiger partial charge in [0.1, 0.15) is 0 Å². The molecule has 4 heteroatoms. The van der Waals surface area contributed by atoms with Gasteiger partial charge in [0.2, 0.25) is 0 Å². The van der Waals surface area contributed by atoms with Crippen LogP contribution in [0.3, 0.4) is 0 Å². The lowest BCUT2D eigenvalue weighted by Gasteiger charge is -1.96. The fourth-order valence-electron chi connectivity index (χ4n) is 1.38. The van der Waals surface area contributed by atoms with Crippen LogP contribution in [0.4, 0.5) is 0 Å². The predicted molar refractivity (Wildman–Crippen MR) is 57.9 cm³/mol. The number of halogens is 1. The summed E-state index contributed by atoms with van der Waals surface area (Å²) in [5.74, 6) is 0. The molecule has 0 saturated heterocycles. The molecular weight excluding hydrogens is 230 g/mol. The van der Waals surface area contributed by atoms with Gasteiger partial charge in [-0.15, -0.1) is 0 Å². The molecule has 3 nitrogen and oxygen atoms in total. The maximum absolute atomic E-state index is 4.45. The highest BCUT2D eigenvalue weighted by Crippen LogP contribution is 2.21. The molecule has 0 aliphatic rings. The van der Waals surface area contributed by atoms with Crippen LogP contribution in [0.2, 0.25) is 0 Å². The first-order valence-corrected chi connectivity index (χ1v) is 5.34. The second-order valence-corrected chi connectivity index (χ2v) is 3.83. The molecule has 0 amide bonds. The Balaban J connectivity index is 2.83. The normalized spacial score (nSPS) is 10.8. The molecule has 0 radical (unpaired) electrons. The Bertz CT molecular complexity index is 281. The lowest BCUT2D eigenvalue weighted by Crippen LogP contribution is -2.11. The van der Waals surface area contributed by atoms with Crippen molar-refractivity contribution in [2.45, 2.75) is 19.8 Å². The summed E-state index contributed by atoms with van der Waals surface area (Å²) in [4.78, 5) is 0. The Hall–Kier alpha value is -0.350. The SMILES string of the molecule is CCc1c(Br)c(CCNC)nn1C. The summed E-state index contributed by atoms with van der Waals surface area (Å²) in [6.07, 6.45) is 1.99. The first-order valence-electron chi connectivity index (χ1n) is 4.55. The number of aromatic nitrogens is 2. The number of likely N-dealkylation sites (N-methyl/N-ethyl adjacent to an activating group) is 1. The van der Waals surface area contributed by atoms with Crippen molar-refractivity contribution in [3.05, 3.63) is 15.9 Å². The predicted octanol–water partition coefficient (Wildman–Crippen LogP) is 1.51. The minimum absolute atomic E-state index is 0.971. The van der Waals surface area contributed by atoms with E-state index in [1.54, 1.807) is 0 Å². The molecule has 0 aliphatic heterocycles. The van der Waals surface area contributed by atoms with Crippen LogP contribution in [-0.4, -0.2) is 23.4 Å². The minimum atomic E-state index is 0.971. The molecule has 0 aliphatic carbocycles. The van der Waals surface area contributed by atoms with Gasteiger partial charge in [0.15, 0.2) is 0 Å². The maximum atomic E-state index is 4.45. The average Bonchev–Trinajstić information content (AvgIpc) is 2.38. The fourth-order valence-corrected chi connectivity index (χ4v) is 2.20. The molecule has 0 unspecified atom stereocenters. The van der Waals surface area contributed by atoms with E-state index < -0.39 is 0 Å². The van der Waals surface area contributed by atoms with E-state index in [1.165, 1.54) is 10.2 Å². The van der Waals surface area contributed by atoms with Gasteiger partial charge < -0.3 is 5.32 Å². The Labute approximate surface area is 87.6 Å². The van der Waals surface area contributed by atoms with Gasteiger partial charge in [0, 0.05) is 20.0 Å². The quantitative estimate of drug-likeness (QED) is 0.872. The van der Waals surface area contributed by atoms with Gasteiger partial charge in [-0.25, -0.2) is 0 Å². The van der Waals surface area contributed by atoms with E-state index in [4.69, 9.17) is 0 Å². The Morgan fingerprint density at radius 1 is 1.54 bits per heavy atom. The first-order chi connectivity index (χ1) is 6.20. The number of hydrogen-bond donors (Lipinski definition) is 1. The van der Waals surface area contributed by atoms with E-state index >= 15 is 0 Å². The second-order valence-electron chi connectivity index (χ2n) is 3.04. The van der Waals surface area contributed by atoms with E-state index in [0.29, 0.717) is 0 Å². The molecule has 13 heavy (non-hydrogen) atoms. The molecule has 0 aromatic carbocycles. The summed E-state index contributed by atoms with van der Waals surface area (Å²) in [7, 11) is 3.95. The molecular formula is C9H16BrN3. The van der Waals surface area contributed by atoms with Crippen LogP contribution in [0.25, 0.3) is 0 Å². The van der Waals surface area contributed by atoms with Crippen molar-refractivity contribution < 1.29 is 0 Å². The van der Waals surface area contributed by atoms with E-state index in [2.05, 4.69) is 33.3 Å². The van der Waals surface area contributed by atoms with Crippen LogP contribution < -0.4 is 5.32 Å². The number of nitrogens with one attached hydrogen (secondary N) is 1. The summed E-state index contributed by atoms with van der Waals surface area (Å²) in [5, 5.41) is 7.57. The number of rotatable bonds is 4. The van der Waals surface area contributed by atoms with Gasteiger partial charge in [0.05, 0.1) is 15.9 Å². The summed E-state index contributed by atoms with van der Waals surface area (Å²) in [5.41, 5.74) is 2.42. The third-order valence-corrected chi connectivity index (χ3v) is 3.03. The van der Waals surface area contributed by atoms with Crippen LogP contribution in [-0.2, 0) is 19.9 Å². The van der Waals surface area contributed by atoms with E-state index in [-0.39, 0.29) is 0 Å². The van der Waals surface area contributed by atoms with Crippen LogP contribution in [0.5, 0.6) is 0 Å². The zero-order valence-corrected chi connectivity index (χ0v) is 9.98. The van der Waals surface area contributed by atoms with Crippen molar-refractivity contribution >= 4 is 15.9 Å². The Morgan fingerprint density at radius 3 is 2.69 bits per heavy atom. The van der Waals surface area contributed by atoms with Crippen molar-refractivity contribution in [2.24, 2.45) is 7.05 Å². The van der Waals surface area contributed by atoms with Crippen LogP contribution >= 0.6 is 15.9 Å². The molecule has 0 bridgehead atoms. The molecule has 1 N–H and O–H groups in total. The van der Waals surface area contributed by atoms with Gasteiger partial charge in [-0.3, -0.25) is 4.68 Å². The zero-order chi connectivity index (χ0) is 9.84. The fraction of sp³-hybridized carbons (Fsp3) is 0.667. The van der Waals surface area contributed by atoms with E-state index in [9.17, 15) is 0 Å². The molecule has 1 heterocycles. The maximum Gasteiger partial charge on any atom is 0.0782 e. The average molecular weight is 246 g/mol. The summed E-state index contributed by atoms with van der Waals surface area (Å²) >= 11 is 3.58. The van der Waals surface area contributed by atoms with E-state index in [0.717, 1.165) is 25.1 Å². The zero-order valence-electron chi connectivity index (χ0n) is 8.39. The van der Waals surface area contributed by atoms with Gasteiger partial charge in [-0.2, -0.15) is 5.10 Å². The van der Waals surface area contributed by atoms with Crippen LogP contribution in [0.1, 0.15) is 18.3 Å². The van der Waals surface area contributed by atoms with Gasteiger partial charge >= 0.3 is 0 Å². The monoisotopic (exact) mass is 245 g/mol. The molecule has 0 fully saturated rings. The van der Waals surface area contributed by atoms with Crippen molar-refractivity contribution in [1.29, 1.82) is 0 Å². The standard InChI is InChI=1S/C9H16BrN3/c1-4-8-9(10)7(5-6-11-2)12-13(8)3/h11H,4-6H2,1-3H3. The van der Waals surface area contributed by atoms with Crippen molar-refractivity contribution in [2.75, 3.05) is 13.6 Å². The molecule has 0 saturated carbocycles. The van der Waals surface area contributed by atoms with Crippen LogP contribution in [0.15, 0.2) is 4.47 Å². The Kier molecular flexibility index (Phi) is 3.93. The van der Waals surface area contributed by atoms with Crippen molar-refractivity contribution in [1.82, 2.24) is 15.1 Å². The second kappa shape index (κ2) is 4.77. The van der Waals surface area contributed by atoms with Crippen LogP contribution in [0, 0.1) is 0 Å². The highest BCUT2D eigenvalue weighted by Gasteiger charge is 2.10. The third-order valence-electron chi connectivity index (χ3n) is 2.11. The van der Waals surface area contributed by atoms with E-state index in [1.807, 2.05) is 18.8 Å². The summed E-state index contributed by atoms with van der Waals surface area (Å²) in [6, 6.07) is 0. The molecule has 1 aromatic heterocycles. The smallest absolute Gasteiger partial charge is 0.0782 e. The molecule has 1 rings (SSSR count). The van der Waals surface area contributed by atoms with Crippen molar-refractivity contribution in [3.8, 4) is 0 Å². The van der Waals surface area contributed by atoms with Gasteiger partial charge in [-0.05, 0) is 29.4 Å². The summed E-state index contributed by atoms with van der Waals surface area (Å²) < 4.78 is 3.13. The number of nitrogens with zero attached hydrogens (tertiary/aromatic N) is 2. The largest absolute Gasteiger partial charge is 0.319 e. The van der Waals surface area contributed by atoms with Gasteiger partial charge in [-0.1, -0.05) is 6.92 Å².